The number of fused-ring (bicyclic) bond motifs is 1. The van der Waals surface area contributed by atoms with Crippen LogP contribution in [-0.2, 0) is 9.59 Å². The predicted octanol–water partition coefficient (Wildman–Crippen LogP) is 2.75. The van der Waals surface area contributed by atoms with Gasteiger partial charge in [-0.1, -0.05) is 42.0 Å². The molecule has 2 aliphatic rings. The van der Waals surface area contributed by atoms with E-state index in [4.69, 9.17) is 0 Å². The summed E-state index contributed by atoms with van der Waals surface area (Å²) in [6, 6.07) is 15.7. The van der Waals surface area contributed by atoms with Crippen LogP contribution >= 0.6 is 0 Å². The van der Waals surface area contributed by atoms with Crippen molar-refractivity contribution in [3.63, 3.8) is 0 Å². The minimum absolute atomic E-state index is 0.0168. The third kappa shape index (κ3) is 3.85. The first-order valence-electron chi connectivity index (χ1n) is 10.2. The van der Waals surface area contributed by atoms with Crippen LogP contribution in [0.3, 0.4) is 0 Å². The van der Waals surface area contributed by atoms with E-state index in [-0.39, 0.29) is 24.4 Å². The Balaban J connectivity index is 1.53. The lowest BCUT2D eigenvalue weighted by Crippen LogP contribution is -2.62. The molecule has 6 heteroatoms. The van der Waals surface area contributed by atoms with Gasteiger partial charge in [0, 0.05) is 0 Å². The highest BCUT2D eigenvalue weighted by molar-refractivity contribution is 6.10. The van der Waals surface area contributed by atoms with Crippen molar-refractivity contribution >= 4 is 23.2 Å². The van der Waals surface area contributed by atoms with Crippen molar-refractivity contribution in [2.24, 2.45) is 0 Å². The standard InChI is InChI=1S/C23H28N4O2/c1-16-7-9-18(10-8-16)17(2)25-21(28)15-27-20-6-4-3-5-19(20)26-23(22(27)29)11-13-24-14-12-23/h3-10,17,24,26H,11-15H2,1-2H3,(H,25,28). The van der Waals surface area contributed by atoms with Gasteiger partial charge in [0.2, 0.25) is 5.91 Å². The summed E-state index contributed by atoms with van der Waals surface area (Å²) in [7, 11) is 0. The van der Waals surface area contributed by atoms with Crippen molar-refractivity contribution in [3.05, 3.63) is 59.7 Å². The highest BCUT2D eigenvalue weighted by atomic mass is 16.2. The summed E-state index contributed by atoms with van der Waals surface area (Å²) in [5.41, 5.74) is 3.27. The molecule has 3 N–H and O–H groups in total. The summed E-state index contributed by atoms with van der Waals surface area (Å²) >= 11 is 0. The maximum atomic E-state index is 13.4. The number of para-hydroxylation sites is 2. The number of carbonyl (C=O) groups excluding carboxylic acids is 2. The van der Waals surface area contributed by atoms with E-state index in [1.807, 2.05) is 62.4 Å². The normalized spacial score (nSPS) is 18.7. The molecule has 2 aromatic rings. The lowest BCUT2D eigenvalue weighted by molar-refractivity contribution is -0.127. The van der Waals surface area contributed by atoms with Crippen molar-refractivity contribution in [1.29, 1.82) is 0 Å². The quantitative estimate of drug-likeness (QED) is 0.748. The highest BCUT2D eigenvalue weighted by Crippen LogP contribution is 2.38. The van der Waals surface area contributed by atoms with E-state index in [0.29, 0.717) is 12.8 Å². The lowest BCUT2D eigenvalue weighted by Gasteiger charge is -2.45. The van der Waals surface area contributed by atoms with Gasteiger partial charge in [-0.25, -0.2) is 0 Å². The van der Waals surface area contributed by atoms with Crippen LogP contribution in [0.2, 0.25) is 0 Å². The SMILES string of the molecule is Cc1ccc(C(C)NC(=O)CN2C(=O)C3(CCNCC3)Nc3ccccc32)cc1. The van der Waals surface area contributed by atoms with Crippen molar-refractivity contribution < 1.29 is 9.59 Å². The number of rotatable bonds is 4. The second-order valence-electron chi connectivity index (χ2n) is 8.07. The molecule has 0 radical (unpaired) electrons. The van der Waals surface area contributed by atoms with Crippen molar-refractivity contribution in [2.75, 3.05) is 29.9 Å². The van der Waals surface area contributed by atoms with E-state index >= 15 is 0 Å². The van der Waals surface area contributed by atoms with E-state index in [1.54, 1.807) is 4.90 Å². The molecule has 1 fully saturated rings. The van der Waals surface area contributed by atoms with Gasteiger partial charge in [0.15, 0.2) is 0 Å². The maximum absolute atomic E-state index is 13.4. The van der Waals surface area contributed by atoms with Gasteiger partial charge in [0.1, 0.15) is 12.1 Å². The minimum Gasteiger partial charge on any atom is -0.369 e. The number of anilines is 2. The molecular formula is C23H28N4O2. The number of hydrogen-bond acceptors (Lipinski definition) is 4. The third-order valence-electron chi connectivity index (χ3n) is 5.94. The molecule has 2 aromatic carbocycles. The Labute approximate surface area is 171 Å². The molecule has 4 rings (SSSR count). The van der Waals surface area contributed by atoms with Crippen LogP contribution in [0.4, 0.5) is 11.4 Å². The van der Waals surface area contributed by atoms with Gasteiger partial charge in [0.25, 0.3) is 5.91 Å². The van der Waals surface area contributed by atoms with Crippen LogP contribution < -0.4 is 20.9 Å². The molecule has 1 atom stereocenters. The summed E-state index contributed by atoms with van der Waals surface area (Å²) in [5.74, 6) is -0.178. The average molecular weight is 393 g/mol. The first-order chi connectivity index (χ1) is 14.0. The molecule has 2 heterocycles. The molecule has 0 aliphatic carbocycles. The zero-order valence-corrected chi connectivity index (χ0v) is 17.0. The van der Waals surface area contributed by atoms with Gasteiger partial charge in [-0.15, -0.1) is 0 Å². The molecule has 1 unspecified atom stereocenters. The van der Waals surface area contributed by atoms with Gasteiger partial charge in [-0.2, -0.15) is 0 Å². The Bertz CT molecular complexity index is 903. The predicted molar refractivity (Wildman–Crippen MR) is 115 cm³/mol. The Kier molecular flexibility index (Phi) is 5.28. The van der Waals surface area contributed by atoms with E-state index in [0.717, 1.165) is 30.0 Å². The molecule has 2 amide bonds. The third-order valence-corrected chi connectivity index (χ3v) is 5.94. The van der Waals surface area contributed by atoms with E-state index in [9.17, 15) is 9.59 Å². The van der Waals surface area contributed by atoms with Crippen LogP contribution in [0.15, 0.2) is 48.5 Å². The van der Waals surface area contributed by atoms with Crippen molar-refractivity contribution in [1.82, 2.24) is 10.6 Å². The Morgan fingerprint density at radius 2 is 1.83 bits per heavy atom. The Morgan fingerprint density at radius 3 is 2.55 bits per heavy atom. The first kappa shape index (κ1) is 19.5. The lowest BCUT2D eigenvalue weighted by atomic mass is 9.84. The number of nitrogens with zero attached hydrogens (tertiary/aromatic N) is 1. The number of carbonyl (C=O) groups is 2. The van der Waals surface area contributed by atoms with Crippen LogP contribution in [0.25, 0.3) is 0 Å². The minimum atomic E-state index is -0.636. The molecule has 1 saturated heterocycles. The van der Waals surface area contributed by atoms with Gasteiger partial charge in [0.05, 0.1) is 17.4 Å². The van der Waals surface area contributed by atoms with Crippen LogP contribution in [0, 0.1) is 6.92 Å². The molecule has 0 saturated carbocycles. The molecule has 1 spiro atoms. The van der Waals surface area contributed by atoms with E-state index in [1.165, 1.54) is 5.56 Å². The maximum Gasteiger partial charge on any atom is 0.253 e. The zero-order chi connectivity index (χ0) is 20.4. The summed E-state index contributed by atoms with van der Waals surface area (Å²) in [6.07, 6.45) is 1.41. The summed E-state index contributed by atoms with van der Waals surface area (Å²) in [5, 5.41) is 9.83. The van der Waals surface area contributed by atoms with Gasteiger partial charge in [-0.3, -0.25) is 14.5 Å². The number of amides is 2. The fraction of sp³-hybridized carbons (Fsp3) is 0.391. The first-order valence-corrected chi connectivity index (χ1v) is 10.2. The van der Waals surface area contributed by atoms with Crippen molar-refractivity contribution in [3.8, 4) is 0 Å². The molecular weight excluding hydrogens is 364 g/mol. The van der Waals surface area contributed by atoms with Crippen LogP contribution in [-0.4, -0.2) is 37.0 Å². The topological polar surface area (TPSA) is 73.5 Å². The number of aryl methyl sites for hydroxylation is 1. The summed E-state index contributed by atoms with van der Waals surface area (Å²) in [6.45, 7) is 5.58. The van der Waals surface area contributed by atoms with Gasteiger partial charge < -0.3 is 16.0 Å². The number of piperidine rings is 1. The monoisotopic (exact) mass is 392 g/mol. The van der Waals surface area contributed by atoms with Crippen LogP contribution in [0.1, 0.15) is 36.9 Å². The molecule has 29 heavy (non-hydrogen) atoms. The van der Waals surface area contributed by atoms with Gasteiger partial charge >= 0.3 is 0 Å². The Hall–Kier alpha value is -2.86. The Morgan fingerprint density at radius 1 is 1.14 bits per heavy atom. The van der Waals surface area contributed by atoms with Crippen molar-refractivity contribution in [2.45, 2.75) is 38.3 Å². The molecule has 2 aliphatic heterocycles. The van der Waals surface area contributed by atoms with E-state index < -0.39 is 5.54 Å². The smallest absolute Gasteiger partial charge is 0.253 e. The van der Waals surface area contributed by atoms with Gasteiger partial charge in [-0.05, 0) is 57.5 Å². The second-order valence-corrected chi connectivity index (χ2v) is 8.07. The summed E-state index contributed by atoms with van der Waals surface area (Å²) in [4.78, 5) is 27.9. The van der Waals surface area contributed by atoms with Crippen LogP contribution in [0.5, 0.6) is 0 Å². The largest absolute Gasteiger partial charge is 0.369 e. The molecule has 0 aromatic heterocycles. The number of benzene rings is 2. The number of nitrogens with one attached hydrogen (secondary N) is 3. The fourth-order valence-corrected chi connectivity index (χ4v) is 4.21. The number of hydrogen-bond donors (Lipinski definition) is 3. The molecule has 0 bridgehead atoms. The highest BCUT2D eigenvalue weighted by Gasteiger charge is 2.46. The molecule has 152 valence electrons. The average Bonchev–Trinajstić information content (AvgIpc) is 2.72. The fourth-order valence-electron chi connectivity index (χ4n) is 4.21. The molecule has 6 nitrogen and oxygen atoms in total. The zero-order valence-electron chi connectivity index (χ0n) is 17.0. The van der Waals surface area contributed by atoms with E-state index in [2.05, 4.69) is 16.0 Å². The summed E-state index contributed by atoms with van der Waals surface area (Å²) < 4.78 is 0. The second kappa shape index (κ2) is 7.87.